The lowest BCUT2D eigenvalue weighted by Crippen LogP contribution is -2.11. The van der Waals surface area contributed by atoms with Crippen molar-refractivity contribution in [2.75, 3.05) is 20.2 Å². The second kappa shape index (κ2) is 5.07. The predicted octanol–water partition coefficient (Wildman–Crippen LogP) is 2.81. The van der Waals surface area contributed by atoms with Gasteiger partial charge in [-0.15, -0.1) is 0 Å². The summed E-state index contributed by atoms with van der Waals surface area (Å²) in [5.74, 6) is 1.62. The summed E-state index contributed by atoms with van der Waals surface area (Å²) >= 11 is 6.32. The molecule has 3 heteroatoms. The van der Waals surface area contributed by atoms with Crippen LogP contribution >= 0.6 is 11.6 Å². The first-order valence-corrected chi connectivity index (χ1v) is 6.12. The summed E-state index contributed by atoms with van der Waals surface area (Å²) in [6, 6.07) is 4.05. The van der Waals surface area contributed by atoms with E-state index in [-0.39, 0.29) is 0 Å². The van der Waals surface area contributed by atoms with Crippen molar-refractivity contribution in [3.63, 3.8) is 0 Å². The fourth-order valence-electron chi connectivity index (χ4n) is 2.27. The Morgan fingerprint density at radius 2 is 2.31 bits per heavy atom. The van der Waals surface area contributed by atoms with Gasteiger partial charge in [-0.2, -0.15) is 0 Å². The zero-order valence-corrected chi connectivity index (χ0v) is 10.6. The van der Waals surface area contributed by atoms with Gasteiger partial charge in [0.05, 0.1) is 7.11 Å². The van der Waals surface area contributed by atoms with Gasteiger partial charge in [-0.3, -0.25) is 0 Å². The summed E-state index contributed by atoms with van der Waals surface area (Å²) in [7, 11) is 1.70. The molecule has 1 aromatic rings. The molecule has 0 saturated carbocycles. The molecule has 2 nitrogen and oxygen atoms in total. The van der Waals surface area contributed by atoms with E-state index in [4.69, 9.17) is 16.3 Å². The first-order chi connectivity index (χ1) is 7.70. The van der Waals surface area contributed by atoms with Gasteiger partial charge in [-0.05, 0) is 62.0 Å². The number of aryl methyl sites for hydroxylation is 1. The van der Waals surface area contributed by atoms with Crippen LogP contribution in [0.25, 0.3) is 0 Å². The predicted molar refractivity (Wildman–Crippen MR) is 67.4 cm³/mol. The van der Waals surface area contributed by atoms with Gasteiger partial charge in [0.2, 0.25) is 0 Å². The molecule has 1 saturated heterocycles. The van der Waals surface area contributed by atoms with E-state index >= 15 is 0 Å². The summed E-state index contributed by atoms with van der Waals surface area (Å²) in [6.45, 7) is 4.26. The highest BCUT2D eigenvalue weighted by atomic mass is 35.5. The molecule has 16 heavy (non-hydrogen) atoms. The standard InChI is InChI=1S/C13H18ClNO/c1-9-5-12(16-2)7-11(13(9)14)6-10-3-4-15-8-10/h5,7,10,15H,3-4,6,8H2,1-2H3. The highest BCUT2D eigenvalue weighted by Gasteiger charge is 2.17. The van der Waals surface area contributed by atoms with Crippen LogP contribution in [0.3, 0.4) is 0 Å². The quantitative estimate of drug-likeness (QED) is 0.876. The van der Waals surface area contributed by atoms with Gasteiger partial charge in [-0.25, -0.2) is 0 Å². The SMILES string of the molecule is COc1cc(C)c(Cl)c(CC2CCNC2)c1. The molecular weight excluding hydrogens is 222 g/mol. The summed E-state index contributed by atoms with van der Waals surface area (Å²) in [4.78, 5) is 0. The Hall–Kier alpha value is -0.730. The van der Waals surface area contributed by atoms with Crippen molar-refractivity contribution in [3.05, 3.63) is 28.3 Å². The van der Waals surface area contributed by atoms with Crippen LogP contribution in [0.1, 0.15) is 17.5 Å². The molecule has 0 radical (unpaired) electrons. The first kappa shape index (κ1) is 11.7. The largest absolute Gasteiger partial charge is 0.497 e. The molecule has 1 aliphatic heterocycles. The number of benzene rings is 1. The van der Waals surface area contributed by atoms with Crippen molar-refractivity contribution in [2.24, 2.45) is 5.92 Å². The smallest absolute Gasteiger partial charge is 0.119 e. The topological polar surface area (TPSA) is 21.3 Å². The molecule has 1 aliphatic rings. The molecule has 0 aliphatic carbocycles. The number of nitrogens with one attached hydrogen (secondary N) is 1. The molecule has 1 N–H and O–H groups in total. The highest BCUT2D eigenvalue weighted by molar-refractivity contribution is 6.32. The Labute approximate surface area is 102 Å². The number of halogens is 1. The van der Waals surface area contributed by atoms with E-state index in [0.29, 0.717) is 5.92 Å². The molecule has 1 heterocycles. The molecule has 1 unspecified atom stereocenters. The Morgan fingerprint density at radius 1 is 1.50 bits per heavy atom. The number of methoxy groups -OCH3 is 1. The molecule has 2 rings (SSSR count). The van der Waals surface area contributed by atoms with Crippen LogP contribution in [-0.4, -0.2) is 20.2 Å². The number of hydrogen-bond donors (Lipinski definition) is 1. The summed E-state index contributed by atoms with van der Waals surface area (Å²) in [5.41, 5.74) is 2.31. The van der Waals surface area contributed by atoms with Crippen LogP contribution < -0.4 is 10.1 Å². The summed E-state index contributed by atoms with van der Waals surface area (Å²) < 4.78 is 5.28. The van der Waals surface area contributed by atoms with Gasteiger partial charge in [0.1, 0.15) is 5.75 Å². The molecule has 0 amide bonds. The fourth-order valence-corrected chi connectivity index (χ4v) is 2.46. The Bertz CT molecular complexity index is 372. The number of rotatable bonds is 3. The van der Waals surface area contributed by atoms with Crippen molar-refractivity contribution >= 4 is 11.6 Å². The van der Waals surface area contributed by atoms with Gasteiger partial charge in [-0.1, -0.05) is 11.6 Å². The number of ether oxygens (including phenoxy) is 1. The third-order valence-electron chi connectivity index (χ3n) is 3.21. The zero-order valence-electron chi connectivity index (χ0n) is 9.85. The molecule has 1 atom stereocenters. The lowest BCUT2D eigenvalue weighted by Gasteiger charge is -2.13. The molecule has 1 fully saturated rings. The van der Waals surface area contributed by atoms with E-state index in [9.17, 15) is 0 Å². The molecule has 0 aromatic heterocycles. The van der Waals surface area contributed by atoms with Crippen molar-refractivity contribution in [3.8, 4) is 5.75 Å². The van der Waals surface area contributed by atoms with Crippen LogP contribution in [0, 0.1) is 12.8 Å². The van der Waals surface area contributed by atoms with E-state index in [2.05, 4.69) is 11.4 Å². The minimum atomic E-state index is 0.712. The Balaban J connectivity index is 2.20. The fraction of sp³-hybridized carbons (Fsp3) is 0.538. The van der Waals surface area contributed by atoms with Crippen molar-refractivity contribution in [2.45, 2.75) is 19.8 Å². The molecule has 1 aromatic carbocycles. The van der Waals surface area contributed by atoms with E-state index in [0.717, 1.165) is 35.8 Å². The minimum absolute atomic E-state index is 0.712. The van der Waals surface area contributed by atoms with E-state index in [1.165, 1.54) is 12.0 Å². The van der Waals surface area contributed by atoms with Gasteiger partial charge < -0.3 is 10.1 Å². The maximum Gasteiger partial charge on any atom is 0.119 e. The van der Waals surface area contributed by atoms with E-state index in [1.807, 2.05) is 13.0 Å². The number of hydrogen-bond acceptors (Lipinski definition) is 2. The summed E-state index contributed by atoms with van der Waals surface area (Å²) in [5, 5.41) is 4.28. The van der Waals surface area contributed by atoms with Crippen LogP contribution in [0.5, 0.6) is 5.75 Å². The Morgan fingerprint density at radius 3 is 2.94 bits per heavy atom. The van der Waals surface area contributed by atoms with Gasteiger partial charge in [0, 0.05) is 5.02 Å². The van der Waals surface area contributed by atoms with Crippen LogP contribution in [0.15, 0.2) is 12.1 Å². The van der Waals surface area contributed by atoms with E-state index in [1.54, 1.807) is 7.11 Å². The maximum absolute atomic E-state index is 6.32. The third-order valence-corrected chi connectivity index (χ3v) is 3.75. The molecule has 0 bridgehead atoms. The monoisotopic (exact) mass is 239 g/mol. The normalized spacial score (nSPS) is 20.1. The molecule has 88 valence electrons. The molecule has 0 spiro atoms. The average Bonchev–Trinajstić information content (AvgIpc) is 2.77. The van der Waals surface area contributed by atoms with Gasteiger partial charge in [0.25, 0.3) is 0 Å². The zero-order chi connectivity index (χ0) is 11.5. The van der Waals surface area contributed by atoms with Gasteiger partial charge in [0.15, 0.2) is 0 Å². The van der Waals surface area contributed by atoms with Crippen LogP contribution in [0.4, 0.5) is 0 Å². The second-order valence-electron chi connectivity index (χ2n) is 4.48. The minimum Gasteiger partial charge on any atom is -0.497 e. The van der Waals surface area contributed by atoms with Crippen LogP contribution in [0.2, 0.25) is 5.02 Å². The summed E-state index contributed by atoms with van der Waals surface area (Å²) in [6.07, 6.45) is 2.29. The first-order valence-electron chi connectivity index (χ1n) is 5.74. The lowest BCUT2D eigenvalue weighted by molar-refractivity contribution is 0.413. The van der Waals surface area contributed by atoms with Crippen LogP contribution in [-0.2, 0) is 6.42 Å². The highest BCUT2D eigenvalue weighted by Crippen LogP contribution is 2.29. The van der Waals surface area contributed by atoms with Crippen molar-refractivity contribution < 1.29 is 4.74 Å². The second-order valence-corrected chi connectivity index (χ2v) is 4.86. The maximum atomic E-state index is 6.32. The Kier molecular flexibility index (Phi) is 3.72. The van der Waals surface area contributed by atoms with E-state index < -0.39 is 0 Å². The van der Waals surface area contributed by atoms with Crippen molar-refractivity contribution in [1.29, 1.82) is 0 Å². The third kappa shape index (κ3) is 2.50. The lowest BCUT2D eigenvalue weighted by atomic mass is 9.97. The average molecular weight is 240 g/mol. The van der Waals surface area contributed by atoms with Gasteiger partial charge >= 0.3 is 0 Å². The molecular formula is C13H18ClNO. The van der Waals surface area contributed by atoms with Crippen molar-refractivity contribution in [1.82, 2.24) is 5.32 Å².